The number of ketones is 1. The number of esters is 2. The van der Waals surface area contributed by atoms with Crippen LogP contribution in [0.3, 0.4) is 0 Å². The standard InChI is InChI=1S/C21H28ClN3O9S/c1-21(2,3)6-13(27)33-10-34-20(30)16-11(8-31-4)9-35-19-15(18(29)25(16)19)23-17(28)14(24-32-5)12(26)7-22/h15,19H,6-10H2,1-5H3,(H,23,28)/t15?,19-/m0/s1. The van der Waals surface area contributed by atoms with Gasteiger partial charge in [0.1, 0.15) is 24.2 Å². The Morgan fingerprint density at radius 2 is 1.89 bits per heavy atom. The molecular weight excluding hydrogens is 506 g/mol. The number of ether oxygens (including phenoxy) is 3. The average molecular weight is 534 g/mol. The van der Waals surface area contributed by atoms with Gasteiger partial charge in [-0.1, -0.05) is 25.9 Å². The maximum atomic E-state index is 12.9. The highest BCUT2D eigenvalue weighted by molar-refractivity contribution is 8.00. The average Bonchev–Trinajstić information content (AvgIpc) is 2.78. The highest BCUT2D eigenvalue weighted by Gasteiger charge is 2.54. The number of carbonyl (C=O) groups is 5. The molecule has 0 radical (unpaired) electrons. The number of thioether (sulfide) groups is 1. The Bertz CT molecular complexity index is 945. The molecule has 2 aliphatic heterocycles. The summed E-state index contributed by atoms with van der Waals surface area (Å²) in [5.41, 5.74) is -0.422. The second-order valence-electron chi connectivity index (χ2n) is 8.73. The van der Waals surface area contributed by atoms with Crippen LogP contribution in [0.2, 0.25) is 0 Å². The van der Waals surface area contributed by atoms with Gasteiger partial charge in [0.2, 0.25) is 18.3 Å². The topological polar surface area (TPSA) is 150 Å². The van der Waals surface area contributed by atoms with Crippen LogP contribution in [-0.2, 0) is 43.0 Å². The molecule has 2 rings (SSSR count). The van der Waals surface area contributed by atoms with E-state index in [4.69, 9.17) is 25.8 Å². The predicted octanol–water partition coefficient (Wildman–Crippen LogP) is 0.577. The number of hydrogen-bond donors (Lipinski definition) is 1. The Morgan fingerprint density at radius 3 is 2.46 bits per heavy atom. The SMILES string of the molecule is COCC1=C(C(=O)OCOC(=O)CC(C)(C)C)N2C(=O)C(NC(=O)C(=NOC)C(=O)CCl)[C@@H]2SC1. The number of amides is 2. The molecule has 194 valence electrons. The van der Waals surface area contributed by atoms with Crippen molar-refractivity contribution in [3.05, 3.63) is 11.3 Å². The van der Waals surface area contributed by atoms with Gasteiger partial charge in [0.25, 0.3) is 11.8 Å². The van der Waals surface area contributed by atoms with Crippen molar-refractivity contribution in [2.24, 2.45) is 10.6 Å². The van der Waals surface area contributed by atoms with Crippen molar-refractivity contribution >= 4 is 58.6 Å². The van der Waals surface area contributed by atoms with Gasteiger partial charge >= 0.3 is 11.9 Å². The van der Waals surface area contributed by atoms with Crippen LogP contribution in [0.1, 0.15) is 27.2 Å². The number of oxime groups is 1. The molecule has 35 heavy (non-hydrogen) atoms. The quantitative estimate of drug-likeness (QED) is 0.0759. The number of nitrogens with one attached hydrogen (secondary N) is 1. The lowest BCUT2D eigenvalue weighted by molar-refractivity contribution is -0.169. The van der Waals surface area contributed by atoms with Crippen molar-refractivity contribution < 1.29 is 43.0 Å². The minimum atomic E-state index is -1.03. The molecule has 0 aliphatic carbocycles. The fourth-order valence-electron chi connectivity index (χ4n) is 3.24. The van der Waals surface area contributed by atoms with E-state index in [1.807, 2.05) is 20.8 Å². The Labute approximate surface area is 211 Å². The summed E-state index contributed by atoms with van der Waals surface area (Å²) in [6.45, 7) is 5.03. The highest BCUT2D eigenvalue weighted by atomic mass is 35.5. The molecule has 2 heterocycles. The van der Waals surface area contributed by atoms with Crippen molar-refractivity contribution in [1.82, 2.24) is 10.2 Å². The molecule has 0 aromatic carbocycles. The Morgan fingerprint density at radius 1 is 1.20 bits per heavy atom. The number of rotatable bonds is 11. The summed E-state index contributed by atoms with van der Waals surface area (Å²) < 4.78 is 15.2. The van der Waals surface area contributed by atoms with Crippen molar-refractivity contribution in [2.75, 3.05) is 39.3 Å². The Hall–Kier alpha value is -2.64. The van der Waals surface area contributed by atoms with E-state index in [0.29, 0.717) is 11.3 Å². The molecule has 2 amide bonds. The van der Waals surface area contributed by atoms with Crippen LogP contribution < -0.4 is 5.32 Å². The number of Topliss-reactive ketones (excluding diaryl/α,β-unsaturated/α-hetero) is 1. The van der Waals surface area contributed by atoms with E-state index in [1.54, 1.807) is 0 Å². The van der Waals surface area contributed by atoms with Crippen molar-refractivity contribution in [1.29, 1.82) is 0 Å². The monoisotopic (exact) mass is 533 g/mol. The van der Waals surface area contributed by atoms with Gasteiger partial charge in [-0.3, -0.25) is 24.1 Å². The summed E-state index contributed by atoms with van der Waals surface area (Å²) in [7, 11) is 2.59. The van der Waals surface area contributed by atoms with Crippen LogP contribution in [0.5, 0.6) is 0 Å². The minimum absolute atomic E-state index is 0.0411. The van der Waals surface area contributed by atoms with Crippen molar-refractivity contribution in [2.45, 2.75) is 38.6 Å². The normalized spacial score (nSPS) is 20.0. The van der Waals surface area contributed by atoms with E-state index >= 15 is 0 Å². The maximum absolute atomic E-state index is 12.9. The van der Waals surface area contributed by atoms with Crippen LogP contribution in [0, 0.1) is 5.41 Å². The summed E-state index contributed by atoms with van der Waals surface area (Å²) in [6.07, 6.45) is 0.132. The molecule has 1 N–H and O–H groups in total. The van der Waals surface area contributed by atoms with Crippen LogP contribution in [0.15, 0.2) is 16.4 Å². The fourth-order valence-corrected chi connectivity index (χ4v) is 4.70. The van der Waals surface area contributed by atoms with Crippen LogP contribution in [0.25, 0.3) is 0 Å². The fraction of sp³-hybridized carbons (Fsp3) is 0.619. The first-order chi connectivity index (χ1) is 16.4. The molecule has 1 saturated heterocycles. The lowest BCUT2D eigenvalue weighted by atomic mass is 9.93. The predicted molar refractivity (Wildman–Crippen MR) is 125 cm³/mol. The Balaban J connectivity index is 2.11. The maximum Gasteiger partial charge on any atom is 0.358 e. The number of hydrogen-bond acceptors (Lipinski definition) is 11. The number of carbonyl (C=O) groups excluding carboxylic acids is 5. The van der Waals surface area contributed by atoms with Gasteiger partial charge in [-0.2, -0.15) is 0 Å². The van der Waals surface area contributed by atoms with E-state index in [0.717, 1.165) is 7.11 Å². The largest absolute Gasteiger partial charge is 0.428 e. The first-order valence-electron chi connectivity index (χ1n) is 10.4. The van der Waals surface area contributed by atoms with Crippen molar-refractivity contribution in [3.63, 3.8) is 0 Å². The van der Waals surface area contributed by atoms with Crippen LogP contribution >= 0.6 is 23.4 Å². The van der Waals surface area contributed by atoms with Crippen LogP contribution in [0.4, 0.5) is 0 Å². The van der Waals surface area contributed by atoms with Gasteiger partial charge in [-0.05, 0) is 11.0 Å². The van der Waals surface area contributed by atoms with Gasteiger partial charge in [0.15, 0.2) is 0 Å². The first-order valence-corrected chi connectivity index (χ1v) is 12.0. The third-order valence-corrected chi connectivity index (χ3v) is 6.30. The Kier molecular flexibility index (Phi) is 10.1. The zero-order chi connectivity index (χ0) is 26.3. The molecule has 0 saturated carbocycles. The summed E-state index contributed by atoms with van der Waals surface area (Å²) >= 11 is 6.78. The molecule has 2 atom stereocenters. The second kappa shape index (κ2) is 12.4. The van der Waals surface area contributed by atoms with Gasteiger partial charge in [0.05, 0.1) is 18.9 Å². The summed E-state index contributed by atoms with van der Waals surface area (Å²) in [5.74, 6) is -3.91. The van der Waals surface area contributed by atoms with Gasteiger partial charge in [-0.25, -0.2) is 4.79 Å². The number of alkyl halides is 1. The van der Waals surface area contributed by atoms with Gasteiger partial charge in [-0.15, -0.1) is 23.4 Å². The molecule has 1 unspecified atom stereocenters. The molecule has 0 aromatic heterocycles. The lowest BCUT2D eigenvalue weighted by Gasteiger charge is -2.49. The first kappa shape index (κ1) is 28.6. The van der Waals surface area contributed by atoms with Crippen LogP contribution in [-0.4, -0.2) is 90.8 Å². The van der Waals surface area contributed by atoms with E-state index < -0.39 is 59.3 Å². The summed E-state index contributed by atoms with van der Waals surface area (Å²) in [5, 5.41) is 5.17. The molecule has 1 fully saturated rings. The molecule has 0 bridgehead atoms. The van der Waals surface area contributed by atoms with E-state index in [9.17, 15) is 24.0 Å². The summed E-state index contributed by atoms with van der Waals surface area (Å²) in [4.78, 5) is 67.6. The zero-order valence-corrected chi connectivity index (χ0v) is 21.6. The lowest BCUT2D eigenvalue weighted by Crippen LogP contribution is -2.71. The molecule has 2 aliphatic rings. The van der Waals surface area contributed by atoms with Gasteiger partial charge in [0, 0.05) is 12.9 Å². The zero-order valence-electron chi connectivity index (χ0n) is 20.0. The van der Waals surface area contributed by atoms with E-state index in [1.165, 1.54) is 23.8 Å². The number of methoxy groups -OCH3 is 1. The van der Waals surface area contributed by atoms with E-state index in [2.05, 4.69) is 15.3 Å². The van der Waals surface area contributed by atoms with Crippen molar-refractivity contribution in [3.8, 4) is 0 Å². The summed E-state index contributed by atoms with van der Waals surface area (Å²) in [6, 6.07) is -1.03. The highest BCUT2D eigenvalue weighted by Crippen LogP contribution is 2.40. The minimum Gasteiger partial charge on any atom is -0.428 e. The number of fused-ring (bicyclic) bond motifs is 1. The van der Waals surface area contributed by atoms with Gasteiger partial charge < -0.3 is 24.4 Å². The molecule has 14 heteroatoms. The number of halogens is 1. The smallest absolute Gasteiger partial charge is 0.358 e. The number of nitrogens with zero attached hydrogens (tertiary/aromatic N) is 2. The third kappa shape index (κ3) is 7.18. The molecular formula is C21H28ClN3O9S. The molecule has 0 aromatic rings. The third-order valence-electron chi connectivity index (χ3n) is 4.71. The molecule has 12 nitrogen and oxygen atoms in total. The van der Waals surface area contributed by atoms with E-state index in [-0.39, 0.29) is 24.1 Å². The molecule has 0 spiro atoms. The second-order valence-corrected chi connectivity index (χ2v) is 10.1. The number of β-lactam (4-membered cyclic amide) rings is 1.